The van der Waals surface area contributed by atoms with Gasteiger partial charge in [0.05, 0.1) is 5.52 Å². The number of rotatable bonds is 5. The van der Waals surface area contributed by atoms with Gasteiger partial charge in [0.15, 0.2) is 0 Å². The second-order valence-electron chi connectivity index (χ2n) is 5.55. The van der Waals surface area contributed by atoms with Crippen molar-refractivity contribution in [3.8, 4) is 0 Å². The number of hydrogen-bond donors (Lipinski definition) is 0. The monoisotopic (exact) mass is 276 g/mol. The lowest BCUT2D eigenvalue weighted by atomic mass is 10.1. The molecule has 0 aliphatic carbocycles. The van der Waals surface area contributed by atoms with Crippen molar-refractivity contribution in [1.82, 2.24) is 9.88 Å². The first-order chi connectivity index (χ1) is 9.06. The summed E-state index contributed by atoms with van der Waals surface area (Å²) >= 11 is 6.27. The Morgan fingerprint density at radius 1 is 1.26 bits per heavy atom. The number of pyridine rings is 1. The van der Waals surface area contributed by atoms with Gasteiger partial charge in [0, 0.05) is 17.5 Å². The third-order valence-corrected chi connectivity index (χ3v) is 3.61. The van der Waals surface area contributed by atoms with Crippen LogP contribution in [0.25, 0.3) is 10.9 Å². The van der Waals surface area contributed by atoms with Gasteiger partial charge in [-0.15, -0.1) is 0 Å². The molecule has 3 heteroatoms. The van der Waals surface area contributed by atoms with Crippen LogP contribution in [0.15, 0.2) is 30.3 Å². The minimum Gasteiger partial charge on any atom is -0.302 e. The van der Waals surface area contributed by atoms with Crippen LogP contribution in [-0.2, 0) is 6.54 Å². The molecule has 1 heterocycles. The number of halogens is 1. The summed E-state index contributed by atoms with van der Waals surface area (Å²) in [7, 11) is 2.13. The Hall–Kier alpha value is -1.12. The Morgan fingerprint density at radius 3 is 2.74 bits per heavy atom. The van der Waals surface area contributed by atoms with E-state index in [9.17, 15) is 0 Å². The van der Waals surface area contributed by atoms with Crippen LogP contribution < -0.4 is 0 Å². The Balaban J connectivity index is 2.13. The van der Waals surface area contributed by atoms with Crippen molar-refractivity contribution in [1.29, 1.82) is 0 Å². The van der Waals surface area contributed by atoms with Gasteiger partial charge in [0.1, 0.15) is 5.15 Å². The van der Waals surface area contributed by atoms with E-state index in [-0.39, 0.29) is 0 Å². The number of benzene rings is 1. The van der Waals surface area contributed by atoms with Crippen LogP contribution in [0.1, 0.15) is 25.8 Å². The minimum absolute atomic E-state index is 0.620. The number of para-hydroxylation sites is 1. The number of nitrogens with zero attached hydrogens (tertiary/aromatic N) is 2. The quantitative estimate of drug-likeness (QED) is 0.754. The highest BCUT2D eigenvalue weighted by atomic mass is 35.5. The molecule has 2 rings (SSSR count). The molecule has 1 aromatic heterocycles. The average molecular weight is 277 g/mol. The van der Waals surface area contributed by atoms with Crippen molar-refractivity contribution < 1.29 is 0 Å². The first kappa shape index (κ1) is 14.3. The summed E-state index contributed by atoms with van der Waals surface area (Å²) in [5, 5.41) is 1.77. The third kappa shape index (κ3) is 3.92. The minimum atomic E-state index is 0.620. The van der Waals surface area contributed by atoms with Gasteiger partial charge in [-0.1, -0.05) is 43.6 Å². The summed E-state index contributed by atoms with van der Waals surface area (Å²) in [4.78, 5) is 6.77. The standard InChI is InChI=1S/C16H21ClN2/c1-12(2)8-9-19(3)11-14-10-13-6-4-5-7-15(13)18-16(14)17/h4-7,10,12H,8-9,11H2,1-3H3. The largest absolute Gasteiger partial charge is 0.302 e. The molecule has 2 aromatic rings. The maximum absolute atomic E-state index is 6.27. The van der Waals surface area contributed by atoms with E-state index in [2.05, 4.69) is 42.9 Å². The van der Waals surface area contributed by atoms with Crippen LogP contribution in [0.5, 0.6) is 0 Å². The van der Waals surface area contributed by atoms with Crippen molar-refractivity contribution in [2.45, 2.75) is 26.8 Å². The molecule has 0 saturated carbocycles. The molecule has 0 saturated heterocycles. The van der Waals surface area contributed by atoms with Crippen LogP contribution in [0.3, 0.4) is 0 Å². The molecule has 0 aliphatic heterocycles. The van der Waals surface area contributed by atoms with E-state index >= 15 is 0 Å². The molecular formula is C16H21ClN2. The fourth-order valence-electron chi connectivity index (χ4n) is 2.10. The van der Waals surface area contributed by atoms with Crippen LogP contribution in [-0.4, -0.2) is 23.5 Å². The lowest BCUT2D eigenvalue weighted by molar-refractivity contribution is 0.303. The topological polar surface area (TPSA) is 16.1 Å². The Kier molecular flexibility index (Phi) is 4.78. The van der Waals surface area contributed by atoms with E-state index in [0.717, 1.165) is 35.5 Å². The van der Waals surface area contributed by atoms with Gasteiger partial charge < -0.3 is 4.90 Å². The summed E-state index contributed by atoms with van der Waals surface area (Å²) < 4.78 is 0. The highest BCUT2D eigenvalue weighted by Crippen LogP contribution is 2.21. The molecule has 0 unspecified atom stereocenters. The van der Waals surface area contributed by atoms with Crippen LogP contribution in [0, 0.1) is 5.92 Å². The number of aromatic nitrogens is 1. The number of fused-ring (bicyclic) bond motifs is 1. The molecular weight excluding hydrogens is 256 g/mol. The van der Waals surface area contributed by atoms with Gasteiger partial charge in [-0.25, -0.2) is 4.98 Å². The molecule has 19 heavy (non-hydrogen) atoms. The highest BCUT2D eigenvalue weighted by molar-refractivity contribution is 6.30. The van der Waals surface area contributed by atoms with Crippen molar-refractivity contribution in [3.05, 3.63) is 41.0 Å². The maximum atomic E-state index is 6.27. The molecule has 1 aromatic carbocycles. The van der Waals surface area contributed by atoms with Gasteiger partial charge >= 0.3 is 0 Å². The molecule has 0 bridgehead atoms. The first-order valence-electron chi connectivity index (χ1n) is 6.79. The van der Waals surface area contributed by atoms with Gasteiger partial charge in [-0.2, -0.15) is 0 Å². The molecule has 0 fully saturated rings. The second kappa shape index (κ2) is 6.36. The van der Waals surface area contributed by atoms with Crippen molar-refractivity contribution in [3.63, 3.8) is 0 Å². The average Bonchev–Trinajstić information content (AvgIpc) is 2.37. The molecule has 0 N–H and O–H groups in total. The molecule has 0 spiro atoms. The predicted octanol–water partition coefficient (Wildman–Crippen LogP) is 4.37. The Labute approximate surface area is 120 Å². The van der Waals surface area contributed by atoms with Crippen molar-refractivity contribution in [2.75, 3.05) is 13.6 Å². The van der Waals surface area contributed by atoms with Crippen LogP contribution in [0.4, 0.5) is 0 Å². The zero-order valence-electron chi connectivity index (χ0n) is 11.9. The third-order valence-electron chi connectivity index (χ3n) is 3.28. The predicted molar refractivity (Wildman–Crippen MR) is 82.5 cm³/mol. The molecule has 2 nitrogen and oxygen atoms in total. The van der Waals surface area contributed by atoms with E-state index in [4.69, 9.17) is 11.6 Å². The highest BCUT2D eigenvalue weighted by Gasteiger charge is 2.08. The first-order valence-corrected chi connectivity index (χ1v) is 7.17. The van der Waals surface area contributed by atoms with E-state index < -0.39 is 0 Å². The lowest BCUT2D eigenvalue weighted by Gasteiger charge is -2.18. The SMILES string of the molecule is CC(C)CCN(C)Cc1cc2ccccc2nc1Cl. The fourth-order valence-corrected chi connectivity index (χ4v) is 2.30. The Morgan fingerprint density at radius 2 is 2.00 bits per heavy atom. The van der Waals surface area contributed by atoms with Crippen molar-refractivity contribution in [2.24, 2.45) is 5.92 Å². The second-order valence-corrected chi connectivity index (χ2v) is 5.91. The fraction of sp³-hybridized carbons (Fsp3) is 0.438. The Bertz CT molecular complexity index is 551. The normalized spacial score (nSPS) is 11.7. The summed E-state index contributed by atoms with van der Waals surface area (Å²) in [6, 6.07) is 10.2. The zero-order valence-corrected chi connectivity index (χ0v) is 12.6. The number of hydrogen-bond acceptors (Lipinski definition) is 2. The molecule has 0 aliphatic rings. The van der Waals surface area contributed by atoms with Crippen LogP contribution in [0.2, 0.25) is 5.15 Å². The van der Waals surface area contributed by atoms with Gasteiger partial charge in [0.25, 0.3) is 0 Å². The van der Waals surface area contributed by atoms with E-state index in [1.165, 1.54) is 6.42 Å². The van der Waals surface area contributed by atoms with Gasteiger partial charge in [0.2, 0.25) is 0 Å². The summed E-state index contributed by atoms with van der Waals surface area (Å²) in [5.74, 6) is 0.729. The summed E-state index contributed by atoms with van der Waals surface area (Å²) in [6.07, 6.45) is 1.20. The molecule has 0 radical (unpaired) electrons. The maximum Gasteiger partial charge on any atom is 0.134 e. The summed E-state index contributed by atoms with van der Waals surface area (Å²) in [6.45, 7) is 6.43. The van der Waals surface area contributed by atoms with E-state index in [1.54, 1.807) is 0 Å². The van der Waals surface area contributed by atoms with E-state index in [1.807, 2.05) is 18.2 Å². The van der Waals surface area contributed by atoms with Gasteiger partial charge in [-0.3, -0.25) is 0 Å². The molecule has 102 valence electrons. The smallest absolute Gasteiger partial charge is 0.134 e. The van der Waals surface area contributed by atoms with Crippen molar-refractivity contribution >= 4 is 22.5 Å². The summed E-state index contributed by atoms with van der Waals surface area (Å²) in [5.41, 5.74) is 2.06. The van der Waals surface area contributed by atoms with Gasteiger partial charge in [-0.05, 0) is 38.1 Å². The van der Waals surface area contributed by atoms with E-state index in [0.29, 0.717) is 5.15 Å². The molecule has 0 amide bonds. The lowest BCUT2D eigenvalue weighted by Crippen LogP contribution is -2.20. The zero-order chi connectivity index (χ0) is 13.8. The molecule has 0 atom stereocenters. The van der Waals surface area contributed by atoms with Crippen LogP contribution >= 0.6 is 11.6 Å².